The van der Waals surface area contributed by atoms with Crippen molar-refractivity contribution in [3.05, 3.63) is 88.6 Å². The van der Waals surface area contributed by atoms with Gasteiger partial charge < -0.3 is 29.6 Å². The van der Waals surface area contributed by atoms with E-state index in [0.29, 0.717) is 73.4 Å². The van der Waals surface area contributed by atoms with Crippen molar-refractivity contribution in [3.8, 4) is 22.8 Å². The van der Waals surface area contributed by atoms with Crippen LogP contribution in [0.25, 0.3) is 32.8 Å². The molecule has 1 aliphatic rings. The highest BCUT2D eigenvalue weighted by molar-refractivity contribution is 6.00. The number of H-pyrrole nitrogens is 1. The number of carbonyl (C=O) groups is 1. The highest BCUT2D eigenvalue weighted by atomic mass is 16.7. The molecule has 0 spiro atoms. The lowest BCUT2D eigenvalue weighted by Crippen LogP contribution is -2.36. The van der Waals surface area contributed by atoms with Gasteiger partial charge in [-0.15, -0.1) is 0 Å². The van der Waals surface area contributed by atoms with Gasteiger partial charge >= 0.3 is 6.16 Å². The topological polar surface area (TPSA) is 151 Å². The average Bonchev–Trinajstić information content (AvgIpc) is 3.35. The summed E-state index contributed by atoms with van der Waals surface area (Å²) in [6.45, 7) is 1.50. The Morgan fingerprint density at radius 2 is 1.79 bits per heavy atom. The number of pyridine rings is 1. The molecular weight excluding hydrogens is 552 g/mol. The number of piperidine rings is 1. The van der Waals surface area contributed by atoms with E-state index in [9.17, 15) is 25.1 Å². The van der Waals surface area contributed by atoms with Crippen LogP contribution in [0.4, 0.5) is 16.3 Å². The molecule has 11 heteroatoms. The molecule has 2 aromatic heterocycles. The summed E-state index contributed by atoms with van der Waals surface area (Å²) in [4.78, 5) is 32.4. The monoisotopic (exact) mass is 582 g/mol. The van der Waals surface area contributed by atoms with Crippen molar-refractivity contribution in [2.75, 3.05) is 24.6 Å². The van der Waals surface area contributed by atoms with Crippen LogP contribution in [0.5, 0.6) is 11.6 Å². The van der Waals surface area contributed by atoms with Crippen molar-refractivity contribution in [2.45, 2.75) is 31.8 Å². The summed E-state index contributed by atoms with van der Waals surface area (Å²) in [7, 11) is 0. The fraction of sp³-hybridized carbons (Fsp3) is 0.250. The van der Waals surface area contributed by atoms with Gasteiger partial charge in [0.05, 0.1) is 23.2 Å². The molecule has 0 unspecified atom stereocenters. The maximum absolute atomic E-state index is 11.7. The van der Waals surface area contributed by atoms with E-state index in [2.05, 4.69) is 9.97 Å². The molecule has 0 bridgehead atoms. The van der Waals surface area contributed by atoms with E-state index >= 15 is 0 Å². The lowest BCUT2D eigenvalue weighted by Gasteiger charge is -2.31. The smallest absolute Gasteiger partial charge is 0.493 e. The first-order chi connectivity index (χ1) is 20.9. The van der Waals surface area contributed by atoms with E-state index in [1.807, 2.05) is 65.6 Å². The van der Waals surface area contributed by atoms with Crippen LogP contribution in [-0.2, 0) is 6.42 Å². The van der Waals surface area contributed by atoms with E-state index < -0.39 is 17.2 Å². The van der Waals surface area contributed by atoms with E-state index in [-0.39, 0.29) is 11.6 Å². The number of carboxylic acid groups (broad SMARTS) is 1. The number of rotatable bonds is 9. The fourth-order valence-corrected chi connectivity index (χ4v) is 5.72. The van der Waals surface area contributed by atoms with Crippen LogP contribution in [0.1, 0.15) is 24.8 Å². The molecule has 5 aromatic rings. The van der Waals surface area contributed by atoms with Crippen LogP contribution in [-0.4, -0.2) is 57.1 Å². The molecule has 43 heavy (non-hydrogen) atoms. The quantitative estimate of drug-likeness (QED) is 0.0784. The number of ether oxygens (including phenoxy) is 2. The van der Waals surface area contributed by atoms with Gasteiger partial charge in [0.15, 0.2) is 0 Å². The summed E-state index contributed by atoms with van der Waals surface area (Å²) in [5, 5.41) is 34.0. The molecule has 6 rings (SSSR count). The summed E-state index contributed by atoms with van der Waals surface area (Å²) < 4.78 is 11.3. The predicted octanol–water partition coefficient (Wildman–Crippen LogP) is 6.32. The number of benzene rings is 3. The SMILES string of the molecule is O=C(O)Oc1[nH]c2c(-c3cc([N+](=O)[O-])cnc3N3CCC(O)CC3)cccc2c1CCCOc1cccc2ccccc12. The number of nitrogens with one attached hydrogen (secondary N) is 1. The fourth-order valence-electron chi connectivity index (χ4n) is 5.72. The Morgan fingerprint density at radius 1 is 1.05 bits per heavy atom. The van der Waals surface area contributed by atoms with Crippen molar-refractivity contribution in [3.63, 3.8) is 0 Å². The standard InChI is InChI=1S/C32H30N4O7/c37-22-13-15-35(16-14-22)30-27(18-21(19-33-30)36(40)41)25-10-4-9-24-26(31(34-29(24)25)43-32(38)39)11-5-17-42-28-12-3-7-20-6-1-2-8-23(20)28/h1-4,6-10,12,18-19,22,34,37H,5,11,13-17H2,(H,38,39). The second kappa shape index (κ2) is 12.0. The van der Waals surface area contributed by atoms with Gasteiger partial charge in [0.1, 0.15) is 17.8 Å². The lowest BCUT2D eigenvalue weighted by atomic mass is 9.99. The number of hydrogen-bond acceptors (Lipinski definition) is 8. The highest BCUT2D eigenvalue weighted by Crippen LogP contribution is 2.40. The van der Waals surface area contributed by atoms with Crippen LogP contribution >= 0.6 is 0 Å². The summed E-state index contributed by atoms with van der Waals surface area (Å²) >= 11 is 0. The van der Waals surface area contributed by atoms with Crippen LogP contribution in [0.3, 0.4) is 0 Å². The van der Waals surface area contributed by atoms with E-state index in [1.54, 1.807) is 0 Å². The first-order valence-corrected chi connectivity index (χ1v) is 14.1. The number of fused-ring (bicyclic) bond motifs is 2. The van der Waals surface area contributed by atoms with Crippen molar-refractivity contribution < 1.29 is 29.4 Å². The number of nitrogens with zero attached hydrogens (tertiary/aromatic N) is 3. The van der Waals surface area contributed by atoms with Crippen LogP contribution in [0.2, 0.25) is 0 Å². The molecule has 3 aromatic carbocycles. The number of aryl methyl sites for hydroxylation is 1. The van der Waals surface area contributed by atoms with Gasteiger partial charge in [-0.1, -0.05) is 54.6 Å². The number of para-hydroxylation sites is 1. The molecule has 0 aliphatic carbocycles. The molecular formula is C32H30N4O7. The number of aromatic amines is 1. The molecule has 0 radical (unpaired) electrons. The molecule has 11 nitrogen and oxygen atoms in total. The summed E-state index contributed by atoms with van der Waals surface area (Å²) in [6.07, 6.45) is 1.55. The Kier molecular flexibility index (Phi) is 7.80. The van der Waals surface area contributed by atoms with Crippen LogP contribution < -0.4 is 14.4 Å². The van der Waals surface area contributed by atoms with Gasteiger partial charge in [-0.3, -0.25) is 10.1 Å². The zero-order valence-electron chi connectivity index (χ0n) is 23.2. The van der Waals surface area contributed by atoms with Gasteiger partial charge in [0.25, 0.3) is 5.69 Å². The number of aromatic nitrogens is 2. The minimum atomic E-state index is -1.45. The van der Waals surface area contributed by atoms with Crippen LogP contribution in [0, 0.1) is 10.1 Å². The van der Waals surface area contributed by atoms with Crippen molar-refractivity contribution in [1.29, 1.82) is 0 Å². The summed E-state index contributed by atoms with van der Waals surface area (Å²) in [5.74, 6) is 1.43. The third-order valence-corrected chi connectivity index (χ3v) is 7.79. The highest BCUT2D eigenvalue weighted by Gasteiger charge is 2.25. The zero-order chi connectivity index (χ0) is 29.9. The van der Waals surface area contributed by atoms with Crippen LogP contribution in [0.15, 0.2) is 72.9 Å². The molecule has 1 fully saturated rings. The maximum Gasteiger partial charge on any atom is 0.512 e. The van der Waals surface area contributed by atoms with Crippen molar-refractivity contribution >= 4 is 39.3 Å². The summed E-state index contributed by atoms with van der Waals surface area (Å²) in [5.41, 5.74) is 2.26. The minimum Gasteiger partial charge on any atom is -0.493 e. The Labute approximate surface area is 246 Å². The largest absolute Gasteiger partial charge is 0.512 e. The third kappa shape index (κ3) is 5.80. The number of anilines is 1. The molecule has 3 heterocycles. The Morgan fingerprint density at radius 3 is 2.58 bits per heavy atom. The number of hydrogen-bond donors (Lipinski definition) is 3. The normalized spacial score (nSPS) is 13.8. The summed E-state index contributed by atoms with van der Waals surface area (Å²) in [6, 6.07) is 20.9. The molecule has 0 atom stereocenters. The maximum atomic E-state index is 11.7. The minimum absolute atomic E-state index is 0.0983. The molecule has 3 N–H and O–H groups in total. The zero-order valence-corrected chi connectivity index (χ0v) is 23.2. The van der Waals surface area contributed by atoms with Crippen molar-refractivity contribution in [1.82, 2.24) is 9.97 Å². The van der Waals surface area contributed by atoms with Gasteiger partial charge in [0.2, 0.25) is 5.88 Å². The second-order valence-corrected chi connectivity index (χ2v) is 10.5. The predicted molar refractivity (Wildman–Crippen MR) is 162 cm³/mol. The van der Waals surface area contributed by atoms with E-state index in [4.69, 9.17) is 9.47 Å². The number of aliphatic hydroxyl groups is 1. The van der Waals surface area contributed by atoms with Crippen molar-refractivity contribution in [2.24, 2.45) is 0 Å². The van der Waals surface area contributed by atoms with Gasteiger partial charge in [0, 0.05) is 46.6 Å². The Balaban J connectivity index is 1.34. The Bertz CT molecular complexity index is 1810. The average molecular weight is 583 g/mol. The van der Waals surface area contributed by atoms with E-state index in [0.717, 1.165) is 21.9 Å². The molecule has 0 amide bonds. The van der Waals surface area contributed by atoms with Gasteiger partial charge in [-0.05, 0) is 37.1 Å². The lowest BCUT2D eigenvalue weighted by molar-refractivity contribution is -0.385. The molecule has 1 saturated heterocycles. The second-order valence-electron chi connectivity index (χ2n) is 10.5. The number of nitro groups is 1. The van der Waals surface area contributed by atoms with Gasteiger partial charge in [-0.2, -0.15) is 0 Å². The third-order valence-electron chi connectivity index (χ3n) is 7.79. The first kappa shape index (κ1) is 28.0. The van der Waals surface area contributed by atoms with E-state index in [1.165, 1.54) is 12.3 Å². The molecule has 0 saturated carbocycles. The molecule has 220 valence electrons. The first-order valence-electron chi connectivity index (χ1n) is 14.1. The Hall–Kier alpha value is -5.16. The number of aliphatic hydroxyl groups excluding tert-OH is 1. The van der Waals surface area contributed by atoms with Gasteiger partial charge in [-0.25, -0.2) is 9.78 Å². The molecule has 1 aliphatic heterocycles.